The number of para-hydroxylation sites is 1. The van der Waals surface area contributed by atoms with E-state index in [-0.39, 0.29) is 5.82 Å². The Balaban J connectivity index is 2.63. The quantitative estimate of drug-likeness (QED) is 0.572. The second-order valence-electron chi connectivity index (χ2n) is 3.73. The SMILES string of the molecule is C=Cn1c2ccccc2c2ccc(F)cc21. The third-order valence-electron chi connectivity index (χ3n) is 2.86. The fourth-order valence-electron chi connectivity index (χ4n) is 2.17. The van der Waals surface area contributed by atoms with Crippen molar-refractivity contribution >= 4 is 28.0 Å². The summed E-state index contributed by atoms with van der Waals surface area (Å²) in [6, 6.07) is 12.8. The van der Waals surface area contributed by atoms with Crippen LogP contribution in [-0.2, 0) is 0 Å². The zero-order chi connectivity index (χ0) is 11.1. The highest BCUT2D eigenvalue weighted by molar-refractivity contribution is 6.09. The van der Waals surface area contributed by atoms with Gasteiger partial charge in [0.05, 0.1) is 11.0 Å². The van der Waals surface area contributed by atoms with Gasteiger partial charge in [-0.05, 0) is 24.3 Å². The first-order valence-corrected chi connectivity index (χ1v) is 5.12. The maximum absolute atomic E-state index is 13.2. The average molecular weight is 211 g/mol. The second kappa shape index (κ2) is 3.20. The number of nitrogens with zero attached hydrogens (tertiary/aromatic N) is 1. The van der Waals surface area contributed by atoms with Gasteiger partial charge in [-0.1, -0.05) is 24.8 Å². The first-order valence-electron chi connectivity index (χ1n) is 5.12. The highest BCUT2D eigenvalue weighted by Gasteiger charge is 2.08. The molecule has 0 saturated carbocycles. The van der Waals surface area contributed by atoms with E-state index in [1.165, 1.54) is 12.1 Å². The maximum Gasteiger partial charge on any atom is 0.125 e. The van der Waals surface area contributed by atoms with Crippen molar-refractivity contribution in [1.29, 1.82) is 0 Å². The van der Waals surface area contributed by atoms with Gasteiger partial charge in [0, 0.05) is 17.0 Å². The van der Waals surface area contributed by atoms with Gasteiger partial charge >= 0.3 is 0 Å². The molecule has 1 aromatic heterocycles. The summed E-state index contributed by atoms with van der Waals surface area (Å²) in [5, 5.41) is 2.18. The second-order valence-corrected chi connectivity index (χ2v) is 3.73. The van der Waals surface area contributed by atoms with Crippen LogP contribution in [0, 0.1) is 5.82 Å². The zero-order valence-electron chi connectivity index (χ0n) is 8.65. The van der Waals surface area contributed by atoms with Gasteiger partial charge in [0.25, 0.3) is 0 Å². The smallest absolute Gasteiger partial charge is 0.125 e. The van der Waals surface area contributed by atoms with Crippen LogP contribution in [0.4, 0.5) is 4.39 Å². The molecule has 0 unspecified atom stereocenters. The van der Waals surface area contributed by atoms with Crippen molar-refractivity contribution in [2.45, 2.75) is 0 Å². The summed E-state index contributed by atoms with van der Waals surface area (Å²) in [6.45, 7) is 3.77. The molecule has 0 bridgehead atoms. The van der Waals surface area contributed by atoms with Crippen LogP contribution in [0.2, 0.25) is 0 Å². The lowest BCUT2D eigenvalue weighted by molar-refractivity contribution is 0.629. The molecule has 0 saturated heterocycles. The standard InChI is InChI=1S/C14H10FN/c1-2-16-13-6-4-3-5-11(13)12-8-7-10(15)9-14(12)16/h2-9H,1H2. The van der Waals surface area contributed by atoms with Crippen molar-refractivity contribution in [1.82, 2.24) is 4.57 Å². The van der Waals surface area contributed by atoms with Gasteiger partial charge < -0.3 is 4.57 Å². The Hall–Kier alpha value is -2.09. The Kier molecular flexibility index (Phi) is 1.83. The third kappa shape index (κ3) is 1.10. The van der Waals surface area contributed by atoms with Crippen LogP contribution < -0.4 is 0 Å². The molecule has 0 atom stereocenters. The minimum absolute atomic E-state index is 0.224. The Labute approximate surface area is 92.4 Å². The van der Waals surface area contributed by atoms with Gasteiger partial charge in [0.1, 0.15) is 5.82 Å². The Bertz CT molecular complexity index is 694. The fourth-order valence-corrected chi connectivity index (χ4v) is 2.17. The molecule has 0 aliphatic carbocycles. The number of benzene rings is 2. The van der Waals surface area contributed by atoms with Gasteiger partial charge in [-0.25, -0.2) is 4.39 Å². The molecule has 0 aliphatic heterocycles. The molecule has 3 aromatic rings. The summed E-state index contributed by atoms with van der Waals surface area (Å²) in [6.07, 6.45) is 1.71. The van der Waals surface area contributed by atoms with E-state index >= 15 is 0 Å². The maximum atomic E-state index is 13.2. The minimum Gasteiger partial charge on any atom is -0.316 e. The summed E-state index contributed by atoms with van der Waals surface area (Å²) in [4.78, 5) is 0. The molecule has 78 valence electrons. The van der Waals surface area contributed by atoms with Crippen LogP contribution in [0.5, 0.6) is 0 Å². The van der Waals surface area contributed by atoms with Gasteiger partial charge in [0.15, 0.2) is 0 Å². The Morgan fingerprint density at radius 2 is 1.75 bits per heavy atom. The van der Waals surface area contributed by atoms with Crippen LogP contribution >= 0.6 is 0 Å². The molecule has 0 fully saturated rings. The predicted octanol–water partition coefficient (Wildman–Crippen LogP) is 4.03. The molecule has 0 amide bonds. The first kappa shape index (κ1) is 9.16. The number of hydrogen-bond donors (Lipinski definition) is 0. The van der Waals surface area contributed by atoms with Gasteiger partial charge in [-0.15, -0.1) is 0 Å². The molecule has 0 radical (unpaired) electrons. The third-order valence-corrected chi connectivity index (χ3v) is 2.86. The van der Waals surface area contributed by atoms with Crippen LogP contribution in [0.25, 0.3) is 28.0 Å². The molecule has 0 N–H and O–H groups in total. The van der Waals surface area contributed by atoms with Crippen molar-refractivity contribution in [2.75, 3.05) is 0 Å². The molecule has 0 spiro atoms. The monoisotopic (exact) mass is 211 g/mol. The number of rotatable bonds is 1. The zero-order valence-corrected chi connectivity index (χ0v) is 8.65. The highest BCUT2D eigenvalue weighted by atomic mass is 19.1. The number of fused-ring (bicyclic) bond motifs is 3. The summed E-state index contributed by atoms with van der Waals surface area (Å²) in [5.41, 5.74) is 1.91. The molecule has 0 aliphatic rings. The summed E-state index contributed by atoms with van der Waals surface area (Å²) < 4.78 is 15.1. The van der Waals surface area contributed by atoms with Gasteiger partial charge in [-0.2, -0.15) is 0 Å². The van der Waals surface area contributed by atoms with E-state index in [1.54, 1.807) is 6.20 Å². The van der Waals surface area contributed by atoms with E-state index in [4.69, 9.17) is 0 Å². The topological polar surface area (TPSA) is 4.93 Å². The predicted molar refractivity (Wildman–Crippen MR) is 65.8 cm³/mol. The lowest BCUT2D eigenvalue weighted by atomic mass is 10.1. The first-order chi connectivity index (χ1) is 7.81. The van der Waals surface area contributed by atoms with Crippen molar-refractivity contribution in [3.05, 3.63) is 54.9 Å². The largest absolute Gasteiger partial charge is 0.316 e. The van der Waals surface area contributed by atoms with E-state index in [0.29, 0.717) is 0 Å². The molecule has 16 heavy (non-hydrogen) atoms. The average Bonchev–Trinajstić information content (AvgIpc) is 2.61. The van der Waals surface area contributed by atoms with Crippen molar-refractivity contribution in [3.8, 4) is 0 Å². The van der Waals surface area contributed by atoms with Crippen molar-refractivity contribution in [2.24, 2.45) is 0 Å². The summed E-state index contributed by atoms with van der Waals surface area (Å²) in [5.74, 6) is -0.224. The normalized spacial score (nSPS) is 11.1. The van der Waals surface area contributed by atoms with Gasteiger partial charge in [-0.3, -0.25) is 0 Å². The van der Waals surface area contributed by atoms with E-state index in [0.717, 1.165) is 21.8 Å². The number of halogens is 1. The molecule has 1 nitrogen and oxygen atoms in total. The van der Waals surface area contributed by atoms with Crippen LogP contribution in [0.3, 0.4) is 0 Å². The van der Waals surface area contributed by atoms with Crippen molar-refractivity contribution in [3.63, 3.8) is 0 Å². The fraction of sp³-hybridized carbons (Fsp3) is 0. The van der Waals surface area contributed by atoms with Gasteiger partial charge in [0.2, 0.25) is 0 Å². The lowest BCUT2D eigenvalue weighted by Crippen LogP contribution is -1.84. The van der Waals surface area contributed by atoms with Crippen molar-refractivity contribution < 1.29 is 4.39 Å². The molecule has 2 heteroatoms. The van der Waals surface area contributed by atoms with E-state index in [2.05, 4.69) is 6.58 Å². The highest BCUT2D eigenvalue weighted by Crippen LogP contribution is 2.29. The molecular formula is C14H10FN. The lowest BCUT2D eigenvalue weighted by Gasteiger charge is -1.98. The van der Waals surface area contributed by atoms with E-state index in [9.17, 15) is 4.39 Å². The molecule has 1 heterocycles. The number of aromatic nitrogens is 1. The summed E-state index contributed by atoms with van der Waals surface area (Å²) in [7, 11) is 0. The summed E-state index contributed by atoms with van der Waals surface area (Å²) >= 11 is 0. The van der Waals surface area contributed by atoms with Crippen LogP contribution in [-0.4, -0.2) is 4.57 Å². The van der Waals surface area contributed by atoms with Crippen LogP contribution in [0.15, 0.2) is 49.0 Å². The van der Waals surface area contributed by atoms with E-state index < -0.39 is 0 Å². The molecular weight excluding hydrogens is 201 g/mol. The van der Waals surface area contributed by atoms with Crippen LogP contribution in [0.1, 0.15) is 0 Å². The van der Waals surface area contributed by atoms with E-state index in [1.807, 2.05) is 34.9 Å². The minimum atomic E-state index is -0.224. The number of hydrogen-bond acceptors (Lipinski definition) is 0. The molecule has 3 rings (SSSR count). The Morgan fingerprint density at radius 3 is 2.56 bits per heavy atom. The Morgan fingerprint density at radius 1 is 1.00 bits per heavy atom. The molecule has 2 aromatic carbocycles.